The first-order valence-electron chi connectivity index (χ1n) is 7.32. The molecule has 2 atom stereocenters. The number of ether oxygens (including phenoxy) is 1. The van der Waals surface area contributed by atoms with Gasteiger partial charge in [-0.3, -0.25) is 4.79 Å². The highest BCUT2D eigenvalue weighted by molar-refractivity contribution is 5.66. The van der Waals surface area contributed by atoms with Crippen LogP contribution in [0.4, 0.5) is 5.69 Å². The Morgan fingerprint density at radius 3 is 2.80 bits per heavy atom. The third-order valence-corrected chi connectivity index (χ3v) is 3.78. The quantitative estimate of drug-likeness (QED) is 0.868. The van der Waals surface area contributed by atoms with Gasteiger partial charge in [-0.15, -0.1) is 0 Å². The van der Waals surface area contributed by atoms with E-state index in [1.54, 1.807) is 0 Å². The molecule has 1 aromatic carbocycles. The van der Waals surface area contributed by atoms with Gasteiger partial charge in [0, 0.05) is 31.3 Å². The molecular weight excluding hydrogens is 254 g/mol. The molecule has 0 aliphatic carbocycles. The van der Waals surface area contributed by atoms with E-state index < -0.39 is 5.97 Å². The fraction of sp³-hybridized carbons (Fsp3) is 0.562. The van der Waals surface area contributed by atoms with Crippen molar-refractivity contribution in [2.24, 2.45) is 0 Å². The van der Waals surface area contributed by atoms with Gasteiger partial charge in [0.1, 0.15) is 0 Å². The minimum Gasteiger partial charge on any atom is -0.481 e. The van der Waals surface area contributed by atoms with E-state index in [9.17, 15) is 4.79 Å². The first-order chi connectivity index (χ1) is 9.66. The van der Waals surface area contributed by atoms with Gasteiger partial charge >= 0.3 is 5.97 Å². The average Bonchev–Trinajstić information content (AvgIpc) is 2.44. The van der Waals surface area contributed by atoms with Gasteiger partial charge in [-0.05, 0) is 38.3 Å². The molecule has 0 radical (unpaired) electrons. The van der Waals surface area contributed by atoms with E-state index in [0.717, 1.165) is 26.0 Å². The molecular formula is C16H23NO3. The second kappa shape index (κ2) is 7.29. The molecule has 1 heterocycles. The number of anilines is 1. The third-order valence-electron chi connectivity index (χ3n) is 3.78. The summed E-state index contributed by atoms with van der Waals surface area (Å²) in [4.78, 5) is 13.1. The smallest absolute Gasteiger partial charge is 0.303 e. The number of nitrogens with zero attached hydrogens (tertiary/aromatic N) is 1. The molecule has 0 amide bonds. The van der Waals surface area contributed by atoms with Crippen molar-refractivity contribution in [1.82, 2.24) is 0 Å². The Bertz CT molecular complexity index is 421. The van der Waals surface area contributed by atoms with Crippen molar-refractivity contribution in [2.45, 2.75) is 44.8 Å². The van der Waals surface area contributed by atoms with Crippen LogP contribution in [-0.4, -0.2) is 36.4 Å². The molecule has 0 bridgehead atoms. The number of benzene rings is 1. The molecule has 110 valence electrons. The molecule has 1 aliphatic heterocycles. The summed E-state index contributed by atoms with van der Waals surface area (Å²) in [6, 6.07) is 10.7. The maximum absolute atomic E-state index is 10.7. The minimum absolute atomic E-state index is 0.224. The Balaban J connectivity index is 2.05. The summed E-state index contributed by atoms with van der Waals surface area (Å²) < 4.78 is 5.62. The number of aliphatic carboxylic acids is 1. The lowest BCUT2D eigenvalue weighted by atomic mass is 10.0. The Labute approximate surface area is 120 Å². The number of para-hydroxylation sites is 1. The van der Waals surface area contributed by atoms with E-state index in [4.69, 9.17) is 9.84 Å². The van der Waals surface area contributed by atoms with Crippen molar-refractivity contribution in [3.05, 3.63) is 30.3 Å². The zero-order valence-electron chi connectivity index (χ0n) is 12.0. The number of carboxylic acids is 1. The Kier molecular flexibility index (Phi) is 5.41. The fourth-order valence-electron chi connectivity index (χ4n) is 2.80. The van der Waals surface area contributed by atoms with Gasteiger partial charge in [0.2, 0.25) is 0 Å². The maximum atomic E-state index is 10.7. The molecule has 1 saturated heterocycles. The standard InChI is InChI=1S/C16H23NO3/c1-13-12-15(9-11-20-13)17(10-5-8-16(18)19)14-6-3-2-4-7-14/h2-4,6-7,13,15H,5,8-12H2,1H3,(H,18,19). The third kappa shape index (κ3) is 4.23. The summed E-state index contributed by atoms with van der Waals surface area (Å²) >= 11 is 0. The fourth-order valence-corrected chi connectivity index (χ4v) is 2.80. The van der Waals surface area contributed by atoms with Gasteiger partial charge in [0.15, 0.2) is 0 Å². The lowest BCUT2D eigenvalue weighted by Gasteiger charge is -2.38. The molecule has 0 spiro atoms. The van der Waals surface area contributed by atoms with Crippen molar-refractivity contribution in [3.8, 4) is 0 Å². The van der Waals surface area contributed by atoms with E-state index in [1.165, 1.54) is 5.69 Å². The molecule has 4 heteroatoms. The lowest BCUT2D eigenvalue weighted by Crippen LogP contribution is -2.42. The van der Waals surface area contributed by atoms with Crippen molar-refractivity contribution in [1.29, 1.82) is 0 Å². The van der Waals surface area contributed by atoms with E-state index in [1.807, 2.05) is 18.2 Å². The van der Waals surface area contributed by atoms with Gasteiger partial charge in [-0.1, -0.05) is 18.2 Å². The molecule has 2 unspecified atom stereocenters. The predicted molar refractivity (Wildman–Crippen MR) is 79.1 cm³/mol. The van der Waals surface area contributed by atoms with Gasteiger partial charge in [-0.2, -0.15) is 0 Å². The van der Waals surface area contributed by atoms with Crippen LogP contribution in [-0.2, 0) is 9.53 Å². The first-order valence-corrected chi connectivity index (χ1v) is 7.32. The van der Waals surface area contributed by atoms with Crippen LogP contribution in [0.2, 0.25) is 0 Å². The van der Waals surface area contributed by atoms with E-state index in [-0.39, 0.29) is 12.5 Å². The average molecular weight is 277 g/mol. The highest BCUT2D eigenvalue weighted by atomic mass is 16.5. The van der Waals surface area contributed by atoms with E-state index in [0.29, 0.717) is 12.5 Å². The van der Waals surface area contributed by atoms with Crippen LogP contribution in [0.3, 0.4) is 0 Å². The second-order valence-electron chi connectivity index (χ2n) is 5.39. The van der Waals surface area contributed by atoms with Crippen LogP contribution in [0.5, 0.6) is 0 Å². The van der Waals surface area contributed by atoms with Crippen molar-refractivity contribution in [3.63, 3.8) is 0 Å². The van der Waals surface area contributed by atoms with Crippen molar-refractivity contribution in [2.75, 3.05) is 18.1 Å². The molecule has 0 saturated carbocycles. The molecule has 1 aromatic rings. The number of hydrogen-bond donors (Lipinski definition) is 1. The molecule has 1 fully saturated rings. The summed E-state index contributed by atoms with van der Waals surface area (Å²) in [5.74, 6) is -0.724. The summed E-state index contributed by atoms with van der Waals surface area (Å²) in [5.41, 5.74) is 1.18. The number of carbonyl (C=O) groups is 1. The number of hydrogen-bond acceptors (Lipinski definition) is 3. The van der Waals surface area contributed by atoms with Crippen LogP contribution in [0, 0.1) is 0 Å². The van der Waals surface area contributed by atoms with Crippen molar-refractivity contribution < 1.29 is 14.6 Å². The molecule has 2 rings (SSSR count). The van der Waals surface area contributed by atoms with Crippen molar-refractivity contribution >= 4 is 11.7 Å². The molecule has 1 N–H and O–H groups in total. The van der Waals surface area contributed by atoms with Gasteiger partial charge in [0.25, 0.3) is 0 Å². The first kappa shape index (κ1) is 14.9. The number of rotatable bonds is 6. The van der Waals surface area contributed by atoms with Gasteiger partial charge in [0.05, 0.1) is 6.10 Å². The van der Waals surface area contributed by atoms with E-state index in [2.05, 4.69) is 24.0 Å². The number of carboxylic acid groups (broad SMARTS) is 1. The molecule has 20 heavy (non-hydrogen) atoms. The van der Waals surface area contributed by atoms with Crippen LogP contribution in [0.25, 0.3) is 0 Å². The SMILES string of the molecule is CC1CC(N(CCCC(=O)O)c2ccccc2)CCO1. The summed E-state index contributed by atoms with van der Waals surface area (Å²) in [7, 11) is 0. The predicted octanol–water partition coefficient (Wildman–Crippen LogP) is 2.93. The molecule has 0 aromatic heterocycles. The highest BCUT2D eigenvalue weighted by Gasteiger charge is 2.25. The Morgan fingerprint density at radius 2 is 2.15 bits per heavy atom. The Morgan fingerprint density at radius 1 is 1.40 bits per heavy atom. The zero-order chi connectivity index (χ0) is 14.4. The topological polar surface area (TPSA) is 49.8 Å². The molecule has 4 nitrogen and oxygen atoms in total. The maximum Gasteiger partial charge on any atom is 0.303 e. The summed E-state index contributed by atoms with van der Waals surface area (Å²) in [5, 5.41) is 8.81. The Hall–Kier alpha value is -1.55. The van der Waals surface area contributed by atoms with E-state index >= 15 is 0 Å². The highest BCUT2D eigenvalue weighted by Crippen LogP contribution is 2.25. The van der Waals surface area contributed by atoms with Gasteiger partial charge in [-0.25, -0.2) is 0 Å². The lowest BCUT2D eigenvalue weighted by molar-refractivity contribution is -0.137. The van der Waals surface area contributed by atoms with Crippen LogP contribution in [0.15, 0.2) is 30.3 Å². The van der Waals surface area contributed by atoms with Crippen LogP contribution >= 0.6 is 0 Å². The summed E-state index contributed by atoms with van der Waals surface area (Å²) in [6.45, 7) is 3.67. The van der Waals surface area contributed by atoms with Crippen LogP contribution in [0.1, 0.15) is 32.6 Å². The van der Waals surface area contributed by atoms with Crippen LogP contribution < -0.4 is 4.90 Å². The normalized spacial score (nSPS) is 22.4. The largest absolute Gasteiger partial charge is 0.481 e. The monoisotopic (exact) mass is 277 g/mol. The second-order valence-corrected chi connectivity index (χ2v) is 5.39. The minimum atomic E-state index is -0.724. The summed E-state index contributed by atoms with van der Waals surface area (Å²) in [6.07, 6.45) is 3.19. The molecule has 1 aliphatic rings. The zero-order valence-corrected chi connectivity index (χ0v) is 12.0. The van der Waals surface area contributed by atoms with Gasteiger partial charge < -0.3 is 14.7 Å².